The van der Waals surface area contributed by atoms with Gasteiger partial charge in [-0.05, 0) is 49.7 Å². The molecular formula is C25H40IN5O. The van der Waals surface area contributed by atoms with Crippen molar-refractivity contribution in [1.82, 2.24) is 20.4 Å². The lowest BCUT2D eigenvalue weighted by atomic mass is 10.1. The Kier molecular flexibility index (Phi) is 10.1. The van der Waals surface area contributed by atoms with Crippen molar-refractivity contribution in [3.05, 3.63) is 35.4 Å². The van der Waals surface area contributed by atoms with Crippen LogP contribution in [0.4, 0.5) is 0 Å². The minimum atomic E-state index is 0. The highest BCUT2D eigenvalue weighted by Crippen LogP contribution is 2.26. The zero-order valence-corrected chi connectivity index (χ0v) is 21.9. The molecule has 0 aromatic heterocycles. The molecule has 0 bridgehead atoms. The Morgan fingerprint density at radius 1 is 1.12 bits per heavy atom. The Hall–Kier alpha value is -1.35. The van der Waals surface area contributed by atoms with Crippen LogP contribution in [0, 0.1) is 5.92 Å². The van der Waals surface area contributed by atoms with E-state index < -0.39 is 0 Å². The minimum Gasteiger partial charge on any atom is -0.357 e. The van der Waals surface area contributed by atoms with Crippen molar-refractivity contribution < 1.29 is 4.79 Å². The summed E-state index contributed by atoms with van der Waals surface area (Å²) in [5.74, 6) is 2.11. The fraction of sp³-hybridized carbons (Fsp3) is 0.680. The van der Waals surface area contributed by atoms with Gasteiger partial charge in [0.15, 0.2) is 5.96 Å². The van der Waals surface area contributed by atoms with E-state index in [2.05, 4.69) is 46.7 Å². The van der Waals surface area contributed by atoms with Crippen LogP contribution in [-0.2, 0) is 17.9 Å². The van der Waals surface area contributed by atoms with Crippen LogP contribution in [-0.4, -0.2) is 60.4 Å². The van der Waals surface area contributed by atoms with Crippen LogP contribution in [0.5, 0.6) is 0 Å². The Morgan fingerprint density at radius 3 is 2.69 bits per heavy atom. The molecule has 1 aromatic carbocycles. The number of halogens is 1. The van der Waals surface area contributed by atoms with Gasteiger partial charge >= 0.3 is 0 Å². The molecule has 4 rings (SSSR count). The van der Waals surface area contributed by atoms with E-state index in [4.69, 9.17) is 4.99 Å². The molecular weight excluding hydrogens is 513 g/mol. The van der Waals surface area contributed by atoms with Crippen LogP contribution in [0.25, 0.3) is 0 Å². The molecule has 2 heterocycles. The maximum absolute atomic E-state index is 11.9. The molecule has 32 heavy (non-hydrogen) atoms. The molecule has 2 aliphatic heterocycles. The average molecular weight is 554 g/mol. The van der Waals surface area contributed by atoms with Gasteiger partial charge in [0.2, 0.25) is 5.91 Å². The van der Waals surface area contributed by atoms with Crippen molar-refractivity contribution in [2.75, 3.05) is 32.7 Å². The van der Waals surface area contributed by atoms with E-state index in [1.165, 1.54) is 56.3 Å². The van der Waals surface area contributed by atoms with Gasteiger partial charge in [0, 0.05) is 51.7 Å². The van der Waals surface area contributed by atoms with Crippen molar-refractivity contribution in [3.63, 3.8) is 0 Å². The van der Waals surface area contributed by atoms with Crippen LogP contribution in [0.1, 0.15) is 63.0 Å². The number of likely N-dealkylation sites (tertiary alicyclic amines) is 2. The summed E-state index contributed by atoms with van der Waals surface area (Å²) in [5, 5.41) is 7.08. The van der Waals surface area contributed by atoms with E-state index >= 15 is 0 Å². The fourth-order valence-electron chi connectivity index (χ4n) is 5.28. The first-order chi connectivity index (χ1) is 15.2. The van der Waals surface area contributed by atoms with E-state index in [1.54, 1.807) is 0 Å². The highest BCUT2D eigenvalue weighted by atomic mass is 127. The second-order valence-electron chi connectivity index (χ2n) is 9.47. The third-order valence-corrected chi connectivity index (χ3v) is 6.90. The summed E-state index contributed by atoms with van der Waals surface area (Å²) in [6.45, 7) is 8.83. The largest absolute Gasteiger partial charge is 0.357 e. The molecule has 0 spiro atoms. The number of hydrogen-bond donors (Lipinski definition) is 2. The number of carbonyl (C=O) groups excluding carboxylic acids is 1. The minimum absolute atomic E-state index is 0. The van der Waals surface area contributed by atoms with Gasteiger partial charge in [0.1, 0.15) is 0 Å². The zero-order chi connectivity index (χ0) is 21.5. The van der Waals surface area contributed by atoms with Crippen molar-refractivity contribution in [2.45, 2.75) is 71.0 Å². The number of guanidine groups is 1. The SMILES string of the molecule is CCNC(=NCc1cccc(CN2CCCC2=O)c1)NC1CCN(CC2CCCC2)C1.I. The molecule has 1 atom stereocenters. The fourth-order valence-corrected chi connectivity index (χ4v) is 5.28. The molecule has 3 aliphatic rings. The normalized spacial score (nSPS) is 22.4. The first-order valence-corrected chi connectivity index (χ1v) is 12.3. The molecule has 7 heteroatoms. The predicted molar refractivity (Wildman–Crippen MR) is 141 cm³/mol. The standard InChI is InChI=1S/C25H39N5O.HI/c1-2-26-25(28-23-12-14-29(19-23)17-20-7-3-4-8-20)27-16-21-9-5-10-22(15-21)18-30-13-6-11-24(30)31;/h5,9-10,15,20,23H,2-4,6-8,11-14,16-19H2,1H3,(H2,26,27,28);1H. The lowest BCUT2D eigenvalue weighted by Crippen LogP contribution is -2.44. The van der Waals surface area contributed by atoms with E-state index in [0.717, 1.165) is 37.9 Å². The van der Waals surface area contributed by atoms with E-state index in [9.17, 15) is 4.79 Å². The summed E-state index contributed by atoms with van der Waals surface area (Å²) in [4.78, 5) is 21.4. The Labute approximate surface area is 210 Å². The van der Waals surface area contributed by atoms with E-state index in [-0.39, 0.29) is 29.9 Å². The summed E-state index contributed by atoms with van der Waals surface area (Å²) in [5.41, 5.74) is 2.38. The zero-order valence-electron chi connectivity index (χ0n) is 19.5. The van der Waals surface area contributed by atoms with Crippen molar-refractivity contribution in [2.24, 2.45) is 10.9 Å². The molecule has 2 saturated heterocycles. The third-order valence-electron chi connectivity index (χ3n) is 6.90. The number of rotatable bonds is 8. The molecule has 0 radical (unpaired) electrons. The monoisotopic (exact) mass is 553 g/mol. The number of carbonyl (C=O) groups is 1. The molecule has 178 valence electrons. The second kappa shape index (κ2) is 12.8. The van der Waals surface area contributed by atoms with Gasteiger partial charge in [-0.1, -0.05) is 37.1 Å². The summed E-state index contributed by atoms with van der Waals surface area (Å²) in [6, 6.07) is 8.99. The Morgan fingerprint density at radius 2 is 1.94 bits per heavy atom. The molecule has 2 N–H and O–H groups in total. The number of amides is 1. The second-order valence-corrected chi connectivity index (χ2v) is 9.47. The predicted octanol–water partition coefficient (Wildman–Crippen LogP) is 3.75. The molecule has 6 nitrogen and oxygen atoms in total. The summed E-state index contributed by atoms with van der Waals surface area (Å²) >= 11 is 0. The van der Waals surface area contributed by atoms with Gasteiger partial charge in [-0.25, -0.2) is 4.99 Å². The van der Waals surface area contributed by atoms with Gasteiger partial charge in [0.25, 0.3) is 0 Å². The summed E-state index contributed by atoms with van der Waals surface area (Å²) in [6.07, 6.45) is 8.56. The van der Waals surface area contributed by atoms with E-state index in [1.807, 2.05) is 4.90 Å². The smallest absolute Gasteiger partial charge is 0.222 e. The van der Waals surface area contributed by atoms with Gasteiger partial charge in [-0.15, -0.1) is 24.0 Å². The number of benzene rings is 1. The van der Waals surface area contributed by atoms with Crippen LogP contribution in [0.2, 0.25) is 0 Å². The first kappa shape index (κ1) is 25.3. The summed E-state index contributed by atoms with van der Waals surface area (Å²) in [7, 11) is 0. The third kappa shape index (κ3) is 7.33. The lowest BCUT2D eigenvalue weighted by molar-refractivity contribution is -0.128. The van der Waals surface area contributed by atoms with E-state index in [0.29, 0.717) is 25.6 Å². The molecule has 1 aliphatic carbocycles. The number of nitrogens with one attached hydrogen (secondary N) is 2. The Balaban J connectivity index is 0.00000289. The average Bonchev–Trinajstić information content (AvgIpc) is 3.52. The van der Waals surface area contributed by atoms with Crippen molar-refractivity contribution in [3.8, 4) is 0 Å². The van der Waals surface area contributed by atoms with Gasteiger partial charge in [-0.3, -0.25) is 4.79 Å². The maximum atomic E-state index is 11.9. The van der Waals surface area contributed by atoms with Crippen LogP contribution in [0.15, 0.2) is 29.3 Å². The maximum Gasteiger partial charge on any atom is 0.222 e. The van der Waals surface area contributed by atoms with Crippen LogP contribution < -0.4 is 10.6 Å². The first-order valence-electron chi connectivity index (χ1n) is 12.3. The lowest BCUT2D eigenvalue weighted by Gasteiger charge is -2.21. The molecule has 1 aromatic rings. The number of nitrogens with zero attached hydrogens (tertiary/aromatic N) is 3. The van der Waals surface area contributed by atoms with Gasteiger partial charge in [0.05, 0.1) is 6.54 Å². The van der Waals surface area contributed by atoms with Gasteiger partial charge in [-0.2, -0.15) is 0 Å². The van der Waals surface area contributed by atoms with Crippen LogP contribution >= 0.6 is 24.0 Å². The molecule has 1 amide bonds. The summed E-state index contributed by atoms with van der Waals surface area (Å²) < 4.78 is 0. The molecule has 3 fully saturated rings. The molecule has 1 unspecified atom stereocenters. The van der Waals surface area contributed by atoms with Gasteiger partial charge < -0.3 is 20.4 Å². The van der Waals surface area contributed by atoms with Crippen LogP contribution in [0.3, 0.4) is 0 Å². The highest BCUT2D eigenvalue weighted by molar-refractivity contribution is 14.0. The topological polar surface area (TPSA) is 60.0 Å². The quantitative estimate of drug-likeness (QED) is 0.293. The highest BCUT2D eigenvalue weighted by Gasteiger charge is 2.26. The molecule has 1 saturated carbocycles. The van der Waals surface area contributed by atoms with Crippen molar-refractivity contribution in [1.29, 1.82) is 0 Å². The number of hydrogen-bond acceptors (Lipinski definition) is 3. The Bertz CT molecular complexity index is 764. The van der Waals surface area contributed by atoms with Crippen molar-refractivity contribution >= 4 is 35.8 Å². The number of aliphatic imine (C=N–C) groups is 1.